The first kappa shape index (κ1) is 14.6. The van der Waals surface area contributed by atoms with Gasteiger partial charge in [-0.05, 0) is 44.7 Å². The molecule has 1 aromatic carbocycles. The number of fused-ring (bicyclic) bond motifs is 2. The van der Waals surface area contributed by atoms with Crippen molar-refractivity contribution >= 4 is 5.97 Å². The molecule has 0 saturated carbocycles. The molecule has 0 aromatic heterocycles. The molecule has 3 rings (SSSR count). The fraction of sp³-hybridized carbons (Fsp3) is 0.611. The molecule has 2 heterocycles. The Hall–Kier alpha value is -1.35. The highest BCUT2D eigenvalue weighted by atomic mass is 16.5. The summed E-state index contributed by atoms with van der Waals surface area (Å²) in [7, 11) is 2.21. The Kier molecular flexibility index (Phi) is 4.29. The summed E-state index contributed by atoms with van der Waals surface area (Å²) in [6.45, 7) is 2.05. The lowest BCUT2D eigenvalue weighted by atomic mass is 9.96. The van der Waals surface area contributed by atoms with E-state index in [1.807, 2.05) is 30.3 Å². The van der Waals surface area contributed by atoms with Crippen LogP contribution in [0.25, 0.3) is 0 Å². The SMILES string of the molecule is CCC(C(=O)OC1CC2CCC(C1)N2C)c1ccccc1. The number of nitrogens with zero attached hydrogens (tertiary/aromatic N) is 1. The quantitative estimate of drug-likeness (QED) is 0.795. The van der Waals surface area contributed by atoms with Crippen LogP contribution in [0.1, 0.15) is 50.5 Å². The third kappa shape index (κ3) is 2.98. The number of carbonyl (C=O) groups excluding carboxylic acids is 1. The molecular formula is C18H25NO2. The molecule has 3 unspecified atom stereocenters. The summed E-state index contributed by atoms with van der Waals surface area (Å²) in [6, 6.07) is 11.2. The van der Waals surface area contributed by atoms with Crippen LogP contribution in [-0.4, -0.2) is 36.1 Å². The molecule has 0 aliphatic carbocycles. The van der Waals surface area contributed by atoms with Crippen molar-refractivity contribution in [2.75, 3.05) is 7.05 Å². The summed E-state index contributed by atoms with van der Waals surface area (Å²) < 4.78 is 5.86. The van der Waals surface area contributed by atoms with E-state index < -0.39 is 0 Å². The van der Waals surface area contributed by atoms with Crippen LogP contribution in [0.2, 0.25) is 0 Å². The van der Waals surface area contributed by atoms with Gasteiger partial charge < -0.3 is 9.64 Å². The predicted molar refractivity (Wildman–Crippen MR) is 83.2 cm³/mol. The molecule has 2 fully saturated rings. The van der Waals surface area contributed by atoms with Crippen LogP contribution in [0, 0.1) is 0 Å². The Morgan fingerprint density at radius 1 is 1.24 bits per heavy atom. The van der Waals surface area contributed by atoms with Crippen LogP contribution in [0.5, 0.6) is 0 Å². The molecule has 0 amide bonds. The number of rotatable bonds is 4. The summed E-state index contributed by atoms with van der Waals surface area (Å²) in [5.74, 6) is -0.166. The summed E-state index contributed by atoms with van der Waals surface area (Å²) in [5.41, 5.74) is 1.07. The Morgan fingerprint density at radius 2 is 1.86 bits per heavy atom. The summed E-state index contributed by atoms with van der Waals surface area (Å²) in [6.07, 6.45) is 5.43. The lowest BCUT2D eigenvalue weighted by Crippen LogP contribution is -2.43. The van der Waals surface area contributed by atoms with Gasteiger partial charge in [0.15, 0.2) is 0 Å². The molecule has 3 heteroatoms. The van der Waals surface area contributed by atoms with Gasteiger partial charge in [0.05, 0.1) is 5.92 Å². The number of piperidine rings is 1. The first-order valence-electron chi connectivity index (χ1n) is 8.16. The number of esters is 1. The molecule has 114 valence electrons. The van der Waals surface area contributed by atoms with Gasteiger partial charge in [-0.25, -0.2) is 0 Å². The molecule has 1 aromatic rings. The van der Waals surface area contributed by atoms with E-state index in [0.29, 0.717) is 12.1 Å². The molecule has 21 heavy (non-hydrogen) atoms. The maximum absolute atomic E-state index is 12.5. The summed E-state index contributed by atoms with van der Waals surface area (Å²) >= 11 is 0. The van der Waals surface area contributed by atoms with Gasteiger partial charge in [-0.2, -0.15) is 0 Å². The predicted octanol–water partition coefficient (Wildman–Crippen LogP) is 3.35. The van der Waals surface area contributed by atoms with Crippen LogP contribution in [0.15, 0.2) is 30.3 Å². The molecule has 3 atom stereocenters. The van der Waals surface area contributed by atoms with Crippen molar-refractivity contribution in [1.29, 1.82) is 0 Å². The summed E-state index contributed by atoms with van der Waals surface area (Å²) in [4.78, 5) is 15.0. The van der Waals surface area contributed by atoms with Gasteiger partial charge in [-0.1, -0.05) is 37.3 Å². The first-order chi connectivity index (χ1) is 10.2. The third-order valence-corrected chi connectivity index (χ3v) is 5.23. The van der Waals surface area contributed by atoms with Crippen LogP contribution >= 0.6 is 0 Å². The van der Waals surface area contributed by atoms with Gasteiger partial charge >= 0.3 is 5.97 Å². The molecule has 0 radical (unpaired) electrons. The molecule has 0 N–H and O–H groups in total. The van der Waals surface area contributed by atoms with E-state index in [9.17, 15) is 4.79 Å². The average molecular weight is 287 g/mol. The topological polar surface area (TPSA) is 29.5 Å². The highest BCUT2D eigenvalue weighted by molar-refractivity contribution is 5.78. The minimum absolute atomic E-state index is 0.0438. The first-order valence-corrected chi connectivity index (χ1v) is 8.16. The monoisotopic (exact) mass is 287 g/mol. The van der Waals surface area contributed by atoms with E-state index in [4.69, 9.17) is 4.74 Å². The zero-order chi connectivity index (χ0) is 14.8. The second-order valence-electron chi connectivity index (χ2n) is 6.45. The number of ether oxygens (including phenoxy) is 1. The van der Waals surface area contributed by atoms with Crippen molar-refractivity contribution in [3.05, 3.63) is 35.9 Å². The summed E-state index contributed by atoms with van der Waals surface area (Å²) in [5, 5.41) is 0. The molecule has 0 spiro atoms. The average Bonchev–Trinajstić information content (AvgIpc) is 2.72. The molecule has 3 nitrogen and oxygen atoms in total. The molecular weight excluding hydrogens is 262 g/mol. The van der Waals surface area contributed by atoms with Gasteiger partial charge in [0.2, 0.25) is 0 Å². The van der Waals surface area contributed by atoms with Crippen molar-refractivity contribution in [3.63, 3.8) is 0 Å². The van der Waals surface area contributed by atoms with Crippen molar-refractivity contribution in [2.24, 2.45) is 0 Å². The number of hydrogen-bond acceptors (Lipinski definition) is 3. The van der Waals surface area contributed by atoms with Gasteiger partial charge in [0.25, 0.3) is 0 Å². The van der Waals surface area contributed by atoms with Gasteiger partial charge in [0, 0.05) is 12.1 Å². The van der Waals surface area contributed by atoms with E-state index in [1.165, 1.54) is 12.8 Å². The highest BCUT2D eigenvalue weighted by Gasteiger charge is 2.40. The highest BCUT2D eigenvalue weighted by Crippen LogP contribution is 2.36. The van der Waals surface area contributed by atoms with E-state index >= 15 is 0 Å². The fourth-order valence-electron chi connectivity index (χ4n) is 3.93. The van der Waals surface area contributed by atoms with Gasteiger partial charge in [0.1, 0.15) is 6.10 Å². The number of hydrogen-bond donors (Lipinski definition) is 0. The zero-order valence-electron chi connectivity index (χ0n) is 13.0. The van der Waals surface area contributed by atoms with E-state index in [0.717, 1.165) is 24.8 Å². The van der Waals surface area contributed by atoms with Crippen LogP contribution in [0.4, 0.5) is 0 Å². The Balaban J connectivity index is 1.63. The zero-order valence-corrected chi connectivity index (χ0v) is 13.0. The molecule has 2 bridgehead atoms. The second-order valence-corrected chi connectivity index (χ2v) is 6.45. The fourth-order valence-corrected chi connectivity index (χ4v) is 3.93. The minimum atomic E-state index is -0.122. The molecule has 2 saturated heterocycles. The maximum Gasteiger partial charge on any atom is 0.313 e. The lowest BCUT2D eigenvalue weighted by Gasteiger charge is -2.36. The third-order valence-electron chi connectivity index (χ3n) is 5.23. The number of benzene rings is 1. The Labute approximate surface area is 127 Å². The lowest BCUT2D eigenvalue weighted by molar-refractivity contribution is -0.154. The Bertz CT molecular complexity index is 473. The van der Waals surface area contributed by atoms with Gasteiger partial charge in [-0.3, -0.25) is 4.79 Å². The molecule has 2 aliphatic heterocycles. The van der Waals surface area contributed by atoms with E-state index in [1.54, 1.807) is 0 Å². The Morgan fingerprint density at radius 3 is 2.43 bits per heavy atom. The van der Waals surface area contributed by atoms with Crippen LogP contribution in [0.3, 0.4) is 0 Å². The van der Waals surface area contributed by atoms with Gasteiger partial charge in [-0.15, -0.1) is 0 Å². The van der Waals surface area contributed by atoms with E-state index in [-0.39, 0.29) is 18.0 Å². The van der Waals surface area contributed by atoms with Crippen molar-refractivity contribution < 1.29 is 9.53 Å². The number of carbonyl (C=O) groups is 1. The van der Waals surface area contributed by atoms with Crippen molar-refractivity contribution in [2.45, 2.75) is 63.1 Å². The smallest absolute Gasteiger partial charge is 0.313 e. The van der Waals surface area contributed by atoms with Crippen LogP contribution < -0.4 is 0 Å². The largest absolute Gasteiger partial charge is 0.462 e. The van der Waals surface area contributed by atoms with E-state index in [2.05, 4.69) is 18.9 Å². The second kappa shape index (κ2) is 6.18. The normalized spacial score (nSPS) is 30.1. The van der Waals surface area contributed by atoms with Crippen molar-refractivity contribution in [3.8, 4) is 0 Å². The van der Waals surface area contributed by atoms with Crippen molar-refractivity contribution in [1.82, 2.24) is 4.90 Å². The minimum Gasteiger partial charge on any atom is -0.462 e. The van der Waals surface area contributed by atoms with Crippen LogP contribution in [-0.2, 0) is 9.53 Å². The standard InChI is InChI=1S/C18H25NO2/c1-3-17(13-7-5-4-6-8-13)18(20)21-16-11-14-9-10-15(12-16)19(14)2/h4-8,14-17H,3,9-12H2,1-2H3. The maximum atomic E-state index is 12.5. The molecule has 2 aliphatic rings.